The second kappa shape index (κ2) is 9.43. The summed E-state index contributed by atoms with van der Waals surface area (Å²) in [6.07, 6.45) is -0.0930. The molecule has 0 spiro atoms. The van der Waals surface area contributed by atoms with Crippen LogP contribution in [0.2, 0.25) is 0 Å². The molecule has 0 saturated heterocycles. The second-order valence-electron chi connectivity index (χ2n) is 8.53. The third kappa shape index (κ3) is 4.39. The van der Waals surface area contributed by atoms with Gasteiger partial charge in [-0.05, 0) is 17.0 Å². The molecule has 3 aromatic carbocycles. The summed E-state index contributed by atoms with van der Waals surface area (Å²) < 4.78 is 11.0. The number of ether oxygens (including phenoxy) is 1. The minimum absolute atomic E-state index is 0.0330. The number of esters is 1. The number of carbonyl (C=O) groups is 1. The standard InChI is InChI=1S/C28H26O6/c1-16(2)17-9-11-18(12-10-17)20(13-25(32)33-3)26-21(29)14-22(30)27-23(31)15-24(34-28(26)27)19-7-5-4-6-8-19/h4-12,14-16,20,29-30H,13H2,1-3H3/t20-/m0/s1. The van der Waals surface area contributed by atoms with E-state index in [1.807, 2.05) is 42.5 Å². The molecular formula is C28H26O6. The number of rotatable bonds is 6. The monoisotopic (exact) mass is 458 g/mol. The van der Waals surface area contributed by atoms with Crippen LogP contribution in [-0.4, -0.2) is 23.3 Å². The highest BCUT2D eigenvalue weighted by atomic mass is 16.5. The Kier molecular flexibility index (Phi) is 6.41. The Morgan fingerprint density at radius 2 is 1.59 bits per heavy atom. The summed E-state index contributed by atoms with van der Waals surface area (Å²) >= 11 is 0. The number of carbonyl (C=O) groups excluding carboxylic acids is 1. The van der Waals surface area contributed by atoms with Crippen molar-refractivity contribution in [1.29, 1.82) is 0 Å². The molecule has 0 saturated carbocycles. The van der Waals surface area contributed by atoms with Gasteiger partial charge >= 0.3 is 5.97 Å². The molecule has 1 atom stereocenters. The Balaban J connectivity index is 2.00. The van der Waals surface area contributed by atoms with Gasteiger partial charge in [0.05, 0.1) is 13.5 Å². The lowest BCUT2D eigenvalue weighted by molar-refractivity contribution is -0.140. The summed E-state index contributed by atoms with van der Waals surface area (Å²) in [5.41, 5.74) is 2.35. The van der Waals surface area contributed by atoms with Gasteiger partial charge in [-0.3, -0.25) is 9.59 Å². The lowest BCUT2D eigenvalue weighted by Gasteiger charge is -2.21. The van der Waals surface area contributed by atoms with Crippen LogP contribution in [0.1, 0.15) is 48.8 Å². The van der Waals surface area contributed by atoms with Gasteiger partial charge in [-0.2, -0.15) is 0 Å². The fourth-order valence-corrected chi connectivity index (χ4v) is 4.15. The van der Waals surface area contributed by atoms with Crippen LogP contribution < -0.4 is 5.43 Å². The Morgan fingerprint density at radius 1 is 0.941 bits per heavy atom. The lowest BCUT2D eigenvalue weighted by atomic mass is 9.85. The van der Waals surface area contributed by atoms with Crippen LogP contribution in [0.25, 0.3) is 22.3 Å². The summed E-state index contributed by atoms with van der Waals surface area (Å²) in [5.74, 6) is -1.22. The van der Waals surface area contributed by atoms with E-state index >= 15 is 0 Å². The van der Waals surface area contributed by atoms with E-state index in [0.29, 0.717) is 11.5 Å². The Labute approximate surface area is 197 Å². The highest BCUT2D eigenvalue weighted by Gasteiger charge is 2.28. The van der Waals surface area contributed by atoms with Crippen molar-refractivity contribution in [3.8, 4) is 22.8 Å². The summed E-state index contributed by atoms with van der Waals surface area (Å²) in [4.78, 5) is 25.4. The van der Waals surface area contributed by atoms with Crippen LogP contribution in [0.15, 0.2) is 75.9 Å². The quantitative estimate of drug-likeness (QED) is 0.360. The molecule has 0 aliphatic rings. The van der Waals surface area contributed by atoms with Crippen LogP contribution in [-0.2, 0) is 9.53 Å². The molecule has 1 aromatic heterocycles. The molecule has 0 unspecified atom stereocenters. The van der Waals surface area contributed by atoms with Crippen molar-refractivity contribution in [1.82, 2.24) is 0 Å². The summed E-state index contributed by atoms with van der Waals surface area (Å²) in [6.45, 7) is 4.17. The van der Waals surface area contributed by atoms with Gasteiger partial charge in [0.1, 0.15) is 28.2 Å². The first-order valence-corrected chi connectivity index (χ1v) is 11.0. The maximum Gasteiger partial charge on any atom is 0.306 e. The van der Waals surface area contributed by atoms with Crippen LogP contribution in [0, 0.1) is 0 Å². The molecule has 0 radical (unpaired) electrons. The fraction of sp³-hybridized carbons (Fsp3) is 0.214. The van der Waals surface area contributed by atoms with Crippen molar-refractivity contribution in [3.05, 3.63) is 93.6 Å². The number of phenols is 2. The van der Waals surface area contributed by atoms with Gasteiger partial charge in [0.15, 0.2) is 5.43 Å². The third-order valence-corrected chi connectivity index (χ3v) is 6.01. The predicted molar refractivity (Wildman–Crippen MR) is 130 cm³/mol. The molecule has 2 N–H and O–H groups in total. The minimum atomic E-state index is -0.675. The maximum atomic E-state index is 13.0. The van der Waals surface area contributed by atoms with Crippen molar-refractivity contribution in [2.24, 2.45) is 0 Å². The van der Waals surface area contributed by atoms with E-state index in [9.17, 15) is 19.8 Å². The molecule has 0 aliphatic carbocycles. The molecule has 4 rings (SSSR count). The molecule has 174 valence electrons. The first-order chi connectivity index (χ1) is 16.3. The van der Waals surface area contributed by atoms with Gasteiger partial charge in [0.25, 0.3) is 0 Å². The third-order valence-electron chi connectivity index (χ3n) is 6.01. The number of phenolic OH excluding ortho intramolecular Hbond substituents is 2. The minimum Gasteiger partial charge on any atom is -0.507 e. The van der Waals surface area contributed by atoms with Crippen LogP contribution in [0.5, 0.6) is 11.5 Å². The number of hydrogen-bond acceptors (Lipinski definition) is 6. The Bertz CT molecular complexity index is 1380. The molecule has 0 fully saturated rings. The molecule has 0 bridgehead atoms. The van der Waals surface area contributed by atoms with E-state index in [-0.39, 0.29) is 34.5 Å². The predicted octanol–water partition coefficient (Wildman–Crippen LogP) is 5.69. The zero-order chi connectivity index (χ0) is 24.4. The number of methoxy groups -OCH3 is 1. The van der Waals surface area contributed by atoms with Gasteiger partial charge in [-0.15, -0.1) is 0 Å². The average molecular weight is 459 g/mol. The van der Waals surface area contributed by atoms with Crippen LogP contribution in [0.3, 0.4) is 0 Å². The molecule has 6 heteroatoms. The van der Waals surface area contributed by atoms with E-state index < -0.39 is 23.1 Å². The van der Waals surface area contributed by atoms with Crippen LogP contribution >= 0.6 is 0 Å². The van der Waals surface area contributed by atoms with Crippen molar-refractivity contribution in [2.75, 3.05) is 7.11 Å². The highest BCUT2D eigenvalue weighted by Crippen LogP contribution is 2.43. The first-order valence-electron chi connectivity index (χ1n) is 11.0. The smallest absolute Gasteiger partial charge is 0.306 e. The van der Waals surface area contributed by atoms with Gasteiger partial charge in [0, 0.05) is 29.2 Å². The van der Waals surface area contributed by atoms with E-state index in [0.717, 1.165) is 17.2 Å². The average Bonchev–Trinajstić information content (AvgIpc) is 2.83. The number of benzene rings is 3. The maximum absolute atomic E-state index is 13.0. The summed E-state index contributed by atoms with van der Waals surface area (Å²) in [5, 5.41) is 21.4. The zero-order valence-corrected chi connectivity index (χ0v) is 19.2. The van der Waals surface area contributed by atoms with Crippen LogP contribution in [0.4, 0.5) is 0 Å². The number of hydrogen-bond donors (Lipinski definition) is 2. The van der Waals surface area contributed by atoms with Crippen molar-refractivity contribution in [3.63, 3.8) is 0 Å². The van der Waals surface area contributed by atoms with E-state index in [4.69, 9.17) is 9.15 Å². The molecule has 1 heterocycles. The molecule has 6 nitrogen and oxygen atoms in total. The molecular weight excluding hydrogens is 432 g/mol. The van der Waals surface area contributed by atoms with Crippen molar-refractivity contribution in [2.45, 2.75) is 32.1 Å². The molecule has 34 heavy (non-hydrogen) atoms. The number of aromatic hydroxyl groups is 2. The Hall–Kier alpha value is -4.06. The second-order valence-corrected chi connectivity index (χ2v) is 8.53. The zero-order valence-electron chi connectivity index (χ0n) is 19.2. The number of fused-ring (bicyclic) bond motifs is 1. The largest absolute Gasteiger partial charge is 0.507 e. The Morgan fingerprint density at radius 3 is 2.21 bits per heavy atom. The molecule has 4 aromatic rings. The topological polar surface area (TPSA) is 97.0 Å². The summed E-state index contributed by atoms with van der Waals surface area (Å²) in [6, 6.07) is 19.2. The van der Waals surface area contributed by atoms with Crippen molar-refractivity contribution >= 4 is 16.9 Å². The van der Waals surface area contributed by atoms with Gasteiger partial charge in [-0.1, -0.05) is 68.4 Å². The fourth-order valence-electron chi connectivity index (χ4n) is 4.15. The lowest BCUT2D eigenvalue weighted by Crippen LogP contribution is -2.12. The van der Waals surface area contributed by atoms with Crippen molar-refractivity contribution < 1.29 is 24.2 Å². The van der Waals surface area contributed by atoms with E-state index in [1.165, 1.54) is 13.2 Å². The van der Waals surface area contributed by atoms with Gasteiger partial charge in [-0.25, -0.2) is 0 Å². The molecule has 0 amide bonds. The van der Waals surface area contributed by atoms with E-state index in [2.05, 4.69) is 13.8 Å². The first kappa shape index (κ1) is 23.1. The SMILES string of the molecule is COC(=O)C[C@@H](c1ccc(C(C)C)cc1)c1c(O)cc(O)c2c(=O)cc(-c3ccccc3)oc12. The van der Waals surface area contributed by atoms with E-state index in [1.54, 1.807) is 12.1 Å². The molecule has 0 aliphatic heterocycles. The highest BCUT2D eigenvalue weighted by molar-refractivity contribution is 5.90. The summed E-state index contributed by atoms with van der Waals surface area (Å²) in [7, 11) is 1.30. The normalized spacial score (nSPS) is 12.1. The van der Waals surface area contributed by atoms with Gasteiger partial charge in [0.2, 0.25) is 0 Å². The van der Waals surface area contributed by atoms with Gasteiger partial charge < -0.3 is 19.4 Å².